The highest BCUT2D eigenvalue weighted by molar-refractivity contribution is 5.95. The van der Waals surface area contributed by atoms with Gasteiger partial charge in [-0.1, -0.05) is 6.07 Å². The Labute approximate surface area is 166 Å². The number of piperidine rings is 1. The first-order valence-corrected chi connectivity index (χ1v) is 10.3. The zero-order valence-electron chi connectivity index (χ0n) is 16.5. The highest BCUT2D eigenvalue weighted by Crippen LogP contribution is 2.23. The Hall–Kier alpha value is -2.18. The maximum Gasteiger partial charge on any atom is 0.269 e. The maximum atomic E-state index is 12.5. The van der Waals surface area contributed by atoms with Crippen LogP contribution in [0.4, 0.5) is 0 Å². The molecule has 0 saturated carbocycles. The smallest absolute Gasteiger partial charge is 0.269 e. The van der Waals surface area contributed by atoms with E-state index in [0.29, 0.717) is 17.7 Å². The Bertz CT molecular complexity index is 812. The number of hydrogen-bond acceptors (Lipinski definition) is 5. The fraction of sp³-hybridized carbons (Fsp3) is 0.545. The van der Waals surface area contributed by atoms with E-state index in [0.717, 1.165) is 75.2 Å². The second-order valence-electron chi connectivity index (χ2n) is 7.79. The highest BCUT2D eigenvalue weighted by atomic mass is 16.5. The van der Waals surface area contributed by atoms with Crippen molar-refractivity contribution < 1.29 is 14.3 Å². The van der Waals surface area contributed by atoms with E-state index in [1.165, 1.54) is 0 Å². The van der Waals surface area contributed by atoms with Gasteiger partial charge in [-0.3, -0.25) is 4.79 Å². The molecule has 2 fully saturated rings. The van der Waals surface area contributed by atoms with Gasteiger partial charge in [-0.2, -0.15) is 0 Å². The predicted molar refractivity (Wildman–Crippen MR) is 109 cm³/mol. The van der Waals surface area contributed by atoms with Gasteiger partial charge < -0.3 is 19.7 Å². The van der Waals surface area contributed by atoms with Crippen molar-refractivity contribution in [2.24, 2.45) is 5.92 Å². The summed E-state index contributed by atoms with van der Waals surface area (Å²) in [5.74, 6) is 1.24. The summed E-state index contributed by atoms with van der Waals surface area (Å²) in [6.45, 7) is 4.77. The largest absolute Gasteiger partial charge is 0.497 e. The lowest BCUT2D eigenvalue weighted by atomic mass is 9.94. The molecule has 6 nitrogen and oxygen atoms in total. The van der Waals surface area contributed by atoms with Crippen LogP contribution in [0.25, 0.3) is 10.9 Å². The summed E-state index contributed by atoms with van der Waals surface area (Å²) in [4.78, 5) is 19.7. The summed E-state index contributed by atoms with van der Waals surface area (Å²) in [5.41, 5.74) is 1.27. The van der Waals surface area contributed by atoms with Crippen molar-refractivity contribution in [3.05, 3.63) is 36.0 Å². The number of nitrogens with zero attached hydrogens (tertiary/aromatic N) is 2. The lowest BCUT2D eigenvalue weighted by Gasteiger charge is -2.39. The fourth-order valence-electron chi connectivity index (χ4n) is 4.26. The number of nitrogens with one attached hydrogen (secondary N) is 1. The van der Waals surface area contributed by atoms with Gasteiger partial charge in [0, 0.05) is 31.2 Å². The molecule has 1 N–H and O–H groups in total. The van der Waals surface area contributed by atoms with Crippen LogP contribution in [0.1, 0.15) is 36.2 Å². The molecular formula is C22H29N3O3. The molecule has 0 aliphatic carbocycles. The monoisotopic (exact) mass is 383 g/mol. The number of rotatable bonds is 5. The Morgan fingerprint density at radius 1 is 1.18 bits per heavy atom. The molecule has 0 bridgehead atoms. The number of amides is 1. The second-order valence-corrected chi connectivity index (χ2v) is 7.79. The quantitative estimate of drug-likeness (QED) is 0.860. The average molecular weight is 383 g/mol. The van der Waals surface area contributed by atoms with E-state index < -0.39 is 0 Å². The molecule has 6 heteroatoms. The van der Waals surface area contributed by atoms with Gasteiger partial charge in [0.1, 0.15) is 11.4 Å². The van der Waals surface area contributed by atoms with Crippen molar-refractivity contribution in [1.82, 2.24) is 15.2 Å². The number of likely N-dealkylation sites (tertiary alicyclic amines) is 1. The van der Waals surface area contributed by atoms with E-state index in [1.54, 1.807) is 13.2 Å². The molecule has 0 atom stereocenters. The summed E-state index contributed by atoms with van der Waals surface area (Å²) in [6.07, 6.45) is 4.59. The van der Waals surface area contributed by atoms with Crippen LogP contribution in [-0.4, -0.2) is 61.8 Å². The summed E-state index contributed by atoms with van der Waals surface area (Å²) in [7, 11) is 1.64. The standard InChI is InChI=1S/C22H29N3O3/c1-27-19-3-5-20-17(14-19)2-4-21(24-20)22(26)23-15-16-6-10-25(11-7-16)18-8-12-28-13-9-18/h2-5,14,16,18H,6-13,15H2,1H3,(H,23,26). The van der Waals surface area contributed by atoms with E-state index in [4.69, 9.17) is 9.47 Å². The van der Waals surface area contributed by atoms with Crippen LogP contribution in [0.2, 0.25) is 0 Å². The van der Waals surface area contributed by atoms with Gasteiger partial charge in [-0.05, 0) is 69.0 Å². The van der Waals surface area contributed by atoms with Gasteiger partial charge in [-0.15, -0.1) is 0 Å². The van der Waals surface area contributed by atoms with E-state index in [2.05, 4.69) is 15.2 Å². The van der Waals surface area contributed by atoms with Crippen molar-refractivity contribution in [2.45, 2.75) is 31.7 Å². The Morgan fingerprint density at radius 2 is 1.96 bits per heavy atom. The van der Waals surface area contributed by atoms with Crippen LogP contribution < -0.4 is 10.1 Å². The number of hydrogen-bond donors (Lipinski definition) is 1. The minimum absolute atomic E-state index is 0.0930. The normalized spacial score (nSPS) is 19.6. The van der Waals surface area contributed by atoms with Gasteiger partial charge >= 0.3 is 0 Å². The molecule has 2 saturated heterocycles. The topological polar surface area (TPSA) is 63.7 Å². The van der Waals surface area contributed by atoms with Gasteiger partial charge in [0.05, 0.1) is 12.6 Å². The van der Waals surface area contributed by atoms with Crippen molar-refractivity contribution in [3.8, 4) is 5.75 Å². The van der Waals surface area contributed by atoms with E-state index in [1.807, 2.05) is 24.3 Å². The SMILES string of the molecule is COc1ccc2nc(C(=O)NCC3CCN(C4CCOCC4)CC3)ccc2c1. The number of aromatic nitrogens is 1. The molecular weight excluding hydrogens is 354 g/mol. The Morgan fingerprint density at radius 3 is 2.71 bits per heavy atom. The summed E-state index contributed by atoms with van der Waals surface area (Å²) >= 11 is 0. The molecule has 1 aromatic carbocycles. The number of ether oxygens (including phenoxy) is 2. The van der Waals surface area contributed by atoms with Crippen molar-refractivity contribution >= 4 is 16.8 Å². The van der Waals surface area contributed by atoms with Gasteiger partial charge in [-0.25, -0.2) is 4.98 Å². The van der Waals surface area contributed by atoms with Gasteiger partial charge in [0.2, 0.25) is 0 Å². The van der Waals surface area contributed by atoms with Crippen LogP contribution in [0.5, 0.6) is 5.75 Å². The number of fused-ring (bicyclic) bond motifs is 1. The predicted octanol–water partition coefficient (Wildman–Crippen LogP) is 2.86. The minimum Gasteiger partial charge on any atom is -0.497 e. The molecule has 4 rings (SSSR count). The lowest BCUT2D eigenvalue weighted by molar-refractivity contribution is 0.0211. The van der Waals surface area contributed by atoms with Crippen molar-refractivity contribution in [2.75, 3.05) is 40.0 Å². The third-order valence-corrected chi connectivity index (χ3v) is 6.04. The van der Waals surface area contributed by atoms with E-state index in [-0.39, 0.29) is 5.91 Å². The van der Waals surface area contributed by atoms with Crippen LogP contribution in [0.15, 0.2) is 30.3 Å². The molecule has 1 aromatic heterocycles. The zero-order valence-corrected chi connectivity index (χ0v) is 16.5. The number of pyridine rings is 1. The molecule has 0 radical (unpaired) electrons. The van der Waals surface area contributed by atoms with Gasteiger partial charge in [0.25, 0.3) is 5.91 Å². The van der Waals surface area contributed by atoms with Crippen LogP contribution >= 0.6 is 0 Å². The number of methoxy groups -OCH3 is 1. The molecule has 150 valence electrons. The van der Waals surface area contributed by atoms with Crippen molar-refractivity contribution in [3.63, 3.8) is 0 Å². The number of carbonyl (C=O) groups is 1. The average Bonchev–Trinajstić information content (AvgIpc) is 2.77. The Kier molecular flexibility index (Phi) is 6.07. The van der Waals surface area contributed by atoms with Crippen LogP contribution in [-0.2, 0) is 4.74 Å². The molecule has 0 spiro atoms. The minimum atomic E-state index is -0.0930. The third kappa shape index (κ3) is 4.45. The number of benzene rings is 1. The van der Waals surface area contributed by atoms with E-state index >= 15 is 0 Å². The second kappa shape index (κ2) is 8.88. The molecule has 2 aliphatic heterocycles. The Balaban J connectivity index is 1.28. The van der Waals surface area contributed by atoms with Crippen LogP contribution in [0.3, 0.4) is 0 Å². The molecule has 2 aliphatic rings. The summed E-state index contributed by atoms with van der Waals surface area (Å²) < 4.78 is 10.7. The summed E-state index contributed by atoms with van der Waals surface area (Å²) in [6, 6.07) is 10.1. The van der Waals surface area contributed by atoms with E-state index in [9.17, 15) is 4.79 Å². The maximum absolute atomic E-state index is 12.5. The molecule has 1 amide bonds. The number of carbonyl (C=O) groups excluding carboxylic acids is 1. The highest BCUT2D eigenvalue weighted by Gasteiger charge is 2.26. The van der Waals surface area contributed by atoms with Crippen molar-refractivity contribution in [1.29, 1.82) is 0 Å². The molecule has 28 heavy (non-hydrogen) atoms. The lowest BCUT2D eigenvalue weighted by Crippen LogP contribution is -2.45. The first kappa shape index (κ1) is 19.2. The summed E-state index contributed by atoms with van der Waals surface area (Å²) in [5, 5.41) is 4.05. The first-order valence-electron chi connectivity index (χ1n) is 10.3. The third-order valence-electron chi connectivity index (χ3n) is 6.04. The zero-order chi connectivity index (χ0) is 19.3. The molecule has 3 heterocycles. The molecule has 2 aromatic rings. The van der Waals surface area contributed by atoms with Crippen LogP contribution in [0, 0.1) is 5.92 Å². The first-order chi connectivity index (χ1) is 13.7. The molecule has 0 unspecified atom stereocenters. The van der Waals surface area contributed by atoms with Gasteiger partial charge in [0.15, 0.2) is 0 Å². The fourth-order valence-corrected chi connectivity index (χ4v) is 4.26.